The van der Waals surface area contributed by atoms with E-state index in [-0.39, 0.29) is 17.1 Å². The van der Waals surface area contributed by atoms with Crippen LogP contribution < -0.4 is 0 Å². The van der Waals surface area contributed by atoms with Crippen molar-refractivity contribution < 1.29 is 19.4 Å². The summed E-state index contributed by atoms with van der Waals surface area (Å²) in [6.45, 7) is 5.80. The zero-order valence-electron chi connectivity index (χ0n) is 14.9. The molecule has 0 aliphatic rings. The van der Waals surface area contributed by atoms with Crippen molar-refractivity contribution in [3.63, 3.8) is 0 Å². The van der Waals surface area contributed by atoms with E-state index in [1.807, 2.05) is 20.8 Å². The number of carbonyl (C=O) groups is 2. The van der Waals surface area contributed by atoms with E-state index in [1.165, 1.54) is 37.5 Å². The summed E-state index contributed by atoms with van der Waals surface area (Å²) < 4.78 is 6.39. The molecule has 2 aromatic rings. The van der Waals surface area contributed by atoms with Gasteiger partial charge < -0.3 is 14.7 Å². The van der Waals surface area contributed by atoms with E-state index in [0.717, 1.165) is 0 Å². The Labute approximate surface area is 146 Å². The molecule has 1 amide bonds. The Morgan fingerprint density at radius 3 is 2.52 bits per heavy atom. The number of phenols is 1. The minimum absolute atomic E-state index is 0.0117. The van der Waals surface area contributed by atoms with Crippen molar-refractivity contribution in [2.24, 2.45) is 0 Å². The van der Waals surface area contributed by atoms with Gasteiger partial charge >= 0.3 is 5.97 Å². The Kier molecular flexibility index (Phi) is 5.10. The number of ether oxygens (including phenoxy) is 1. The van der Waals surface area contributed by atoms with E-state index in [2.05, 4.69) is 10.1 Å². The molecule has 0 aliphatic carbocycles. The van der Waals surface area contributed by atoms with Gasteiger partial charge in [-0.1, -0.05) is 12.1 Å². The van der Waals surface area contributed by atoms with Crippen LogP contribution in [0, 0.1) is 0 Å². The first-order chi connectivity index (χ1) is 11.6. The first-order valence-electron chi connectivity index (χ1n) is 7.71. The van der Waals surface area contributed by atoms with Gasteiger partial charge in [0.1, 0.15) is 12.1 Å². The number of carbonyl (C=O) groups excluding carboxylic acids is 2. The predicted octanol–water partition coefficient (Wildman–Crippen LogP) is 1.72. The summed E-state index contributed by atoms with van der Waals surface area (Å²) in [4.78, 5) is 30.2. The van der Waals surface area contributed by atoms with E-state index < -0.39 is 17.9 Å². The molecule has 1 heterocycles. The number of benzene rings is 1. The van der Waals surface area contributed by atoms with Crippen LogP contribution >= 0.6 is 0 Å². The number of phenolic OH excluding ortho intramolecular Hbond substituents is 1. The lowest BCUT2D eigenvalue weighted by molar-refractivity contribution is -0.145. The highest BCUT2D eigenvalue weighted by Gasteiger charge is 2.32. The lowest BCUT2D eigenvalue weighted by atomic mass is 10.1. The molecule has 0 saturated carbocycles. The second-order valence-corrected chi connectivity index (χ2v) is 6.62. The van der Waals surface area contributed by atoms with Gasteiger partial charge in [0.05, 0.1) is 12.6 Å². The highest BCUT2D eigenvalue weighted by Crippen LogP contribution is 2.25. The van der Waals surface area contributed by atoms with Crippen LogP contribution in [0.2, 0.25) is 0 Å². The largest absolute Gasteiger partial charge is 0.508 e. The van der Waals surface area contributed by atoms with Gasteiger partial charge in [0.25, 0.3) is 5.91 Å². The van der Waals surface area contributed by atoms with Crippen LogP contribution in [0.1, 0.15) is 43.0 Å². The topological polar surface area (TPSA) is 97.5 Å². The summed E-state index contributed by atoms with van der Waals surface area (Å²) in [6, 6.07) is 5.09. The van der Waals surface area contributed by atoms with Crippen LogP contribution in [0.3, 0.4) is 0 Å². The fraction of sp³-hybridized carbons (Fsp3) is 0.412. The molecule has 1 unspecified atom stereocenters. The fourth-order valence-corrected chi connectivity index (χ4v) is 2.28. The standard InChI is InChI=1S/C17H22N4O4/c1-17(2,3)21-10-18-14(19-21)15(23)20(4)13(16(24)25-5)11-7-6-8-12(22)9-11/h6-10,13,22H,1-5H3. The van der Waals surface area contributed by atoms with Gasteiger partial charge in [-0.2, -0.15) is 0 Å². The second kappa shape index (κ2) is 6.92. The SMILES string of the molecule is COC(=O)C(c1cccc(O)c1)N(C)C(=O)c1ncn(C(C)(C)C)n1. The van der Waals surface area contributed by atoms with Gasteiger partial charge in [-0.25, -0.2) is 14.5 Å². The first kappa shape index (κ1) is 18.4. The van der Waals surface area contributed by atoms with Crippen molar-refractivity contribution in [2.45, 2.75) is 32.4 Å². The summed E-state index contributed by atoms with van der Waals surface area (Å²) in [5.41, 5.74) is 0.106. The van der Waals surface area contributed by atoms with E-state index in [4.69, 9.17) is 4.74 Å². The minimum atomic E-state index is -1.02. The van der Waals surface area contributed by atoms with E-state index in [9.17, 15) is 14.7 Å². The number of rotatable bonds is 4. The number of hydrogen-bond acceptors (Lipinski definition) is 6. The molecule has 25 heavy (non-hydrogen) atoms. The smallest absolute Gasteiger partial charge is 0.333 e. The quantitative estimate of drug-likeness (QED) is 0.847. The summed E-state index contributed by atoms with van der Waals surface area (Å²) >= 11 is 0. The molecule has 0 bridgehead atoms. The number of esters is 1. The minimum Gasteiger partial charge on any atom is -0.508 e. The van der Waals surface area contributed by atoms with Crippen molar-refractivity contribution in [1.29, 1.82) is 0 Å². The normalized spacial score (nSPS) is 12.5. The average Bonchev–Trinajstić information content (AvgIpc) is 3.04. The summed E-state index contributed by atoms with van der Waals surface area (Å²) in [7, 11) is 2.70. The number of aromatic nitrogens is 3. The van der Waals surface area contributed by atoms with E-state index in [0.29, 0.717) is 5.56 Å². The zero-order chi connectivity index (χ0) is 18.8. The van der Waals surface area contributed by atoms with Crippen LogP contribution in [-0.2, 0) is 15.1 Å². The van der Waals surface area contributed by atoms with Crippen LogP contribution in [-0.4, -0.2) is 50.8 Å². The summed E-state index contributed by atoms with van der Waals surface area (Å²) in [6.07, 6.45) is 1.47. The fourth-order valence-electron chi connectivity index (χ4n) is 2.28. The summed E-state index contributed by atoms with van der Waals surface area (Å²) in [5.74, 6) is -1.19. The Balaban J connectivity index is 2.36. The summed E-state index contributed by atoms with van der Waals surface area (Å²) in [5, 5.41) is 13.9. The molecule has 1 aromatic heterocycles. The monoisotopic (exact) mass is 346 g/mol. The van der Waals surface area contributed by atoms with Gasteiger partial charge in [0.15, 0.2) is 6.04 Å². The number of aromatic hydroxyl groups is 1. The predicted molar refractivity (Wildman–Crippen MR) is 90.0 cm³/mol. The Hall–Kier alpha value is -2.90. The van der Waals surface area contributed by atoms with Crippen LogP contribution in [0.15, 0.2) is 30.6 Å². The molecule has 1 atom stereocenters. The molecule has 0 radical (unpaired) electrons. The zero-order valence-corrected chi connectivity index (χ0v) is 14.9. The molecule has 1 aromatic carbocycles. The number of amides is 1. The highest BCUT2D eigenvalue weighted by atomic mass is 16.5. The molecule has 0 aliphatic heterocycles. The van der Waals surface area contributed by atoms with E-state index >= 15 is 0 Å². The Bertz CT molecular complexity index is 779. The van der Waals surface area contributed by atoms with Crippen molar-refractivity contribution in [1.82, 2.24) is 19.7 Å². The number of methoxy groups -OCH3 is 1. The molecule has 0 saturated heterocycles. The number of likely N-dealkylation sites (N-methyl/N-ethyl adjacent to an activating group) is 1. The van der Waals surface area contributed by atoms with Crippen molar-refractivity contribution in [3.8, 4) is 5.75 Å². The van der Waals surface area contributed by atoms with Gasteiger partial charge in [-0.15, -0.1) is 5.10 Å². The number of hydrogen-bond donors (Lipinski definition) is 1. The third-order valence-corrected chi connectivity index (χ3v) is 3.69. The maximum atomic E-state index is 12.7. The van der Waals surface area contributed by atoms with Crippen LogP contribution in [0.5, 0.6) is 5.75 Å². The van der Waals surface area contributed by atoms with Crippen LogP contribution in [0.4, 0.5) is 0 Å². The molecule has 1 N–H and O–H groups in total. The molecular weight excluding hydrogens is 324 g/mol. The van der Waals surface area contributed by atoms with Crippen molar-refractivity contribution in [2.75, 3.05) is 14.2 Å². The molecule has 0 fully saturated rings. The lowest BCUT2D eigenvalue weighted by Crippen LogP contribution is -2.37. The van der Waals surface area contributed by atoms with Crippen LogP contribution in [0.25, 0.3) is 0 Å². The van der Waals surface area contributed by atoms with Gasteiger partial charge in [0.2, 0.25) is 5.82 Å². The molecule has 2 rings (SSSR count). The third kappa shape index (κ3) is 3.96. The van der Waals surface area contributed by atoms with Crippen molar-refractivity contribution in [3.05, 3.63) is 42.0 Å². The lowest BCUT2D eigenvalue weighted by Gasteiger charge is -2.25. The van der Waals surface area contributed by atoms with Crippen molar-refractivity contribution >= 4 is 11.9 Å². The van der Waals surface area contributed by atoms with Gasteiger partial charge in [0, 0.05) is 7.05 Å². The van der Waals surface area contributed by atoms with Gasteiger partial charge in [-0.3, -0.25) is 4.79 Å². The first-order valence-corrected chi connectivity index (χ1v) is 7.71. The van der Waals surface area contributed by atoms with Gasteiger partial charge in [-0.05, 0) is 38.5 Å². The Morgan fingerprint density at radius 2 is 2.00 bits per heavy atom. The highest BCUT2D eigenvalue weighted by molar-refractivity contribution is 5.93. The molecular formula is C17H22N4O4. The molecule has 8 heteroatoms. The maximum Gasteiger partial charge on any atom is 0.333 e. The molecule has 134 valence electrons. The van der Waals surface area contributed by atoms with E-state index in [1.54, 1.807) is 16.8 Å². The molecule has 0 spiro atoms. The second-order valence-electron chi connectivity index (χ2n) is 6.62. The number of nitrogens with zero attached hydrogens (tertiary/aromatic N) is 4. The molecule has 8 nitrogen and oxygen atoms in total. The maximum absolute atomic E-state index is 12.7. The Morgan fingerprint density at radius 1 is 1.32 bits per heavy atom. The average molecular weight is 346 g/mol. The third-order valence-electron chi connectivity index (χ3n) is 3.69.